The summed E-state index contributed by atoms with van der Waals surface area (Å²) in [4.78, 5) is 52.7. The summed E-state index contributed by atoms with van der Waals surface area (Å²) in [6.45, 7) is 16.6. The van der Waals surface area contributed by atoms with Gasteiger partial charge in [-0.05, 0) is 79.2 Å². The van der Waals surface area contributed by atoms with Gasteiger partial charge in [-0.2, -0.15) is 0 Å². The minimum atomic E-state index is -0.888. The zero-order valence-electron chi connectivity index (χ0n) is 33.4. The van der Waals surface area contributed by atoms with Crippen molar-refractivity contribution in [3.05, 3.63) is 47.3 Å². The van der Waals surface area contributed by atoms with E-state index >= 15 is 0 Å². The number of hydrogen-bond acceptors (Lipinski definition) is 9. The highest BCUT2D eigenvalue weighted by molar-refractivity contribution is 7.09. The Bertz CT molecular complexity index is 1940. The van der Waals surface area contributed by atoms with Gasteiger partial charge in [0.15, 0.2) is 0 Å². The van der Waals surface area contributed by atoms with E-state index in [1.54, 1.807) is 24.5 Å². The highest BCUT2D eigenvalue weighted by atomic mass is 32.1. The number of amides is 1. The molecule has 1 N–H and O–H groups in total. The molecule has 2 aromatic heterocycles. The number of aliphatic carboxylic acids is 1. The van der Waals surface area contributed by atoms with Gasteiger partial charge in [0.1, 0.15) is 23.7 Å². The van der Waals surface area contributed by atoms with Crippen LogP contribution in [0.1, 0.15) is 91.5 Å². The lowest BCUT2D eigenvalue weighted by Gasteiger charge is -2.37. The molecule has 9 atom stereocenters. The second kappa shape index (κ2) is 15.2. The first-order valence-electron chi connectivity index (χ1n) is 20.0. The van der Waals surface area contributed by atoms with Crippen molar-refractivity contribution in [2.24, 2.45) is 46.3 Å². The number of ether oxygens (including phenoxy) is 3. The average molecular weight is 772 g/mol. The minimum absolute atomic E-state index is 0.00150. The third-order valence-corrected chi connectivity index (χ3v) is 13.5. The summed E-state index contributed by atoms with van der Waals surface area (Å²) in [6, 6.07) is 7.35. The van der Waals surface area contributed by atoms with Crippen LogP contribution in [0.15, 0.2) is 42.3 Å². The molecule has 55 heavy (non-hydrogen) atoms. The zero-order chi connectivity index (χ0) is 39.4. The Kier molecular flexibility index (Phi) is 10.8. The number of carbonyl (C=O) groups is 3. The summed E-state index contributed by atoms with van der Waals surface area (Å²) in [7, 11) is 1.63. The Labute approximate surface area is 329 Å². The van der Waals surface area contributed by atoms with Crippen molar-refractivity contribution >= 4 is 40.1 Å². The van der Waals surface area contributed by atoms with Gasteiger partial charge < -0.3 is 24.2 Å². The van der Waals surface area contributed by atoms with E-state index in [4.69, 9.17) is 24.2 Å². The highest BCUT2D eigenvalue weighted by Crippen LogP contribution is 2.58. The molecule has 3 heterocycles. The van der Waals surface area contributed by atoms with Gasteiger partial charge in [0.25, 0.3) is 0 Å². The number of likely N-dealkylation sites (tertiary alicyclic amines) is 1. The van der Waals surface area contributed by atoms with Crippen LogP contribution in [0.25, 0.3) is 22.3 Å². The van der Waals surface area contributed by atoms with E-state index in [-0.39, 0.29) is 42.3 Å². The molecule has 0 spiro atoms. The SMILES string of the molecule is C=CC1C[C@]1(CC(C)[C@@H]1CC(Oc2cc(-c3csc(CC(C)C)n3)nc3cc(OC)ccc23)CN1C(=O)[C@@H](CC(=O)OC1C[C@@H]2C[C@@H]2C1)C(C)(C)C)C(=O)O. The molecule has 4 aliphatic rings. The lowest BCUT2D eigenvalue weighted by Crippen LogP contribution is -2.47. The molecular weight excluding hydrogens is 715 g/mol. The molecule has 3 saturated carbocycles. The second-order valence-electron chi connectivity index (χ2n) is 18.3. The molecule has 1 aromatic carbocycles. The number of allylic oxidation sites excluding steroid dienone is 1. The van der Waals surface area contributed by atoms with Crippen molar-refractivity contribution in [3.63, 3.8) is 0 Å². The fraction of sp³-hybridized carbons (Fsp3) is 0.614. The van der Waals surface area contributed by atoms with Gasteiger partial charge >= 0.3 is 11.9 Å². The molecule has 1 saturated heterocycles. The Morgan fingerprint density at radius 3 is 2.44 bits per heavy atom. The topological polar surface area (TPSA) is 128 Å². The Morgan fingerprint density at radius 1 is 1.05 bits per heavy atom. The fourth-order valence-corrected chi connectivity index (χ4v) is 10.3. The van der Waals surface area contributed by atoms with Crippen LogP contribution in [-0.2, 0) is 25.5 Å². The van der Waals surface area contributed by atoms with E-state index in [9.17, 15) is 19.5 Å². The van der Waals surface area contributed by atoms with Gasteiger partial charge in [0, 0.05) is 41.8 Å². The van der Waals surface area contributed by atoms with E-state index in [0.29, 0.717) is 66.3 Å². The van der Waals surface area contributed by atoms with Crippen LogP contribution in [0.3, 0.4) is 0 Å². The molecule has 3 aromatic rings. The van der Waals surface area contributed by atoms with Crippen LogP contribution in [-0.4, -0.2) is 69.7 Å². The van der Waals surface area contributed by atoms with Crippen LogP contribution in [0.2, 0.25) is 0 Å². The smallest absolute Gasteiger partial charge is 0.310 e. The number of methoxy groups -OCH3 is 1. The lowest BCUT2D eigenvalue weighted by atomic mass is 9.77. The van der Waals surface area contributed by atoms with Gasteiger partial charge in [-0.1, -0.05) is 47.6 Å². The van der Waals surface area contributed by atoms with Crippen molar-refractivity contribution in [1.29, 1.82) is 0 Å². The molecule has 4 unspecified atom stereocenters. The molecule has 1 amide bonds. The second-order valence-corrected chi connectivity index (χ2v) is 19.2. The highest BCUT2D eigenvalue weighted by Gasteiger charge is 2.60. The van der Waals surface area contributed by atoms with Gasteiger partial charge in [0.2, 0.25) is 5.91 Å². The molecule has 10 nitrogen and oxygen atoms in total. The first-order chi connectivity index (χ1) is 26.1. The normalized spacial score (nSPS) is 28.1. The molecule has 1 aliphatic heterocycles. The van der Waals surface area contributed by atoms with Crippen molar-refractivity contribution in [3.8, 4) is 22.9 Å². The maximum Gasteiger partial charge on any atom is 0.310 e. The number of carboxylic acid groups (broad SMARTS) is 1. The van der Waals surface area contributed by atoms with Gasteiger partial charge in [-0.3, -0.25) is 14.4 Å². The molecule has 11 heteroatoms. The predicted octanol–water partition coefficient (Wildman–Crippen LogP) is 8.61. The van der Waals surface area contributed by atoms with E-state index in [2.05, 4.69) is 20.4 Å². The van der Waals surface area contributed by atoms with Crippen LogP contribution < -0.4 is 9.47 Å². The number of esters is 1. The number of nitrogens with zero attached hydrogens (tertiary/aromatic N) is 3. The summed E-state index contributed by atoms with van der Waals surface area (Å²) in [5.74, 6) is 1.01. The molecular formula is C44H57N3O7S. The summed E-state index contributed by atoms with van der Waals surface area (Å²) in [6.07, 6.45) is 6.73. The van der Waals surface area contributed by atoms with Gasteiger partial charge in [-0.15, -0.1) is 17.9 Å². The van der Waals surface area contributed by atoms with Gasteiger partial charge in [0.05, 0.1) is 53.3 Å². The van der Waals surface area contributed by atoms with E-state index in [1.807, 2.05) is 62.2 Å². The number of hydrogen-bond donors (Lipinski definition) is 1. The van der Waals surface area contributed by atoms with Crippen molar-refractivity contribution in [2.75, 3.05) is 13.7 Å². The van der Waals surface area contributed by atoms with E-state index < -0.39 is 28.8 Å². The Hall–Kier alpha value is -3.99. The number of thiazole rings is 1. The Balaban J connectivity index is 1.18. The number of benzene rings is 1. The molecule has 0 bridgehead atoms. The lowest BCUT2D eigenvalue weighted by molar-refractivity contribution is -0.156. The first-order valence-corrected chi connectivity index (χ1v) is 20.9. The molecule has 3 aliphatic carbocycles. The quantitative estimate of drug-likeness (QED) is 0.119. The van der Waals surface area contributed by atoms with Crippen LogP contribution in [0, 0.1) is 46.3 Å². The van der Waals surface area contributed by atoms with E-state index in [1.165, 1.54) is 6.42 Å². The molecule has 4 fully saturated rings. The van der Waals surface area contributed by atoms with Crippen LogP contribution >= 0.6 is 11.3 Å². The number of fused-ring (bicyclic) bond motifs is 2. The number of pyridine rings is 1. The monoisotopic (exact) mass is 771 g/mol. The van der Waals surface area contributed by atoms with Crippen molar-refractivity contribution in [1.82, 2.24) is 14.9 Å². The first kappa shape index (κ1) is 39.3. The number of carbonyl (C=O) groups excluding carboxylic acids is 2. The average Bonchev–Trinajstić information content (AvgIpc) is 3.79. The third-order valence-electron chi connectivity index (χ3n) is 12.7. The maximum atomic E-state index is 14.9. The van der Waals surface area contributed by atoms with E-state index in [0.717, 1.165) is 35.4 Å². The fourth-order valence-electron chi connectivity index (χ4n) is 9.33. The maximum absolute atomic E-state index is 14.9. The zero-order valence-corrected chi connectivity index (χ0v) is 34.2. The molecule has 7 rings (SSSR count). The van der Waals surface area contributed by atoms with Crippen LogP contribution in [0.5, 0.6) is 11.5 Å². The van der Waals surface area contributed by atoms with Crippen LogP contribution in [0.4, 0.5) is 0 Å². The predicted molar refractivity (Wildman–Crippen MR) is 213 cm³/mol. The largest absolute Gasteiger partial charge is 0.497 e. The van der Waals surface area contributed by atoms with Crippen molar-refractivity contribution in [2.45, 2.75) is 111 Å². The van der Waals surface area contributed by atoms with Crippen molar-refractivity contribution < 1.29 is 33.7 Å². The summed E-state index contributed by atoms with van der Waals surface area (Å²) in [5, 5.41) is 14.2. The third kappa shape index (κ3) is 8.28. The number of carboxylic acids is 1. The standard InChI is InChI=1S/C44H57N3O7S/c1-9-28-21-44(28,42(50)51)20-25(4)37-17-31(22-47(37)41(49)33(43(5,6)7)18-40(48)54-30-14-26-13-27(26)15-30)53-38-19-35(36-23-55-39(46-36)12-24(2)3)45-34-16-29(52-8)10-11-32(34)38/h9-11,16,19,23-28,30-31,33,37H,1,12-15,17-18,20-22H2,2-8H3,(H,50,51)/t25?,26-,27+,28?,30?,31?,33-,37+,44+/m1/s1. The number of aromatic nitrogens is 2. The summed E-state index contributed by atoms with van der Waals surface area (Å²) >= 11 is 1.62. The molecule has 296 valence electrons. The number of rotatable bonds is 15. The Morgan fingerprint density at radius 2 is 1.80 bits per heavy atom. The molecule has 0 radical (unpaired) electrons. The minimum Gasteiger partial charge on any atom is -0.497 e. The summed E-state index contributed by atoms with van der Waals surface area (Å²) in [5.41, 5.74) is 0.766. The summed E-state index contributed by atoms with van der Waals surface area (Å²) < 4.78 is 18.4. The van der Waals surface area contributed by atoms with Gasteiger partial charge in [-0.25, -0.2) is 9.97 Å².